The second-order valence-electron chi connectivity index (χ2n) is 7.56. The molecule has 0 aromatic heterocycles. The Labute approximate surface area is 166 Å². The van der Waals surface area contributed by atoms with E-state index < -0.39 is 0 Å². The van der Waals surface area contributed by atoms with Gasteiger partial charge in [0.05, 0.1) is 17.8 Å². The van der Waals surface area contributed by atoms with Crippen molar-refractivity contribution in [3.63, 3.8) is 0 Å². The molecule has 2 saturated heterocycles. The molecule has 0 atom stereocenters. The number of hydrogen-bond donors (Lipinski definition) is 0. The van der Waals surface area contributed by atoms with Gasteiger partial charge in [0.1, 0.15) is 6.07 Å². The number of carbonyl (C=O) groups excluding carboxylic acids is 1. The van der Waals surface area contributed by atoms with Crippen molar-refractivity contribution in [2.24, 2.45) is 0 Å². The summed E-state index contributed by atoms with van der Waals surface area (Å²) in [4.78, 5) is 19.5. The van der Waals surface area contributed by atoms with E-state index in [1.54, 1.807) is 0 Å². The van der Waals surface area contributed by atoms with Gasteiger partial charge in [-0.05, 0) is 49.2 Å². The maximum atomic E-state index is 12.7. The molecule has 28 heavy (non-hydrogen) atoms. The molecule has 2 aromatic carbocycles. The third-order valence-electron chi connectivity index (χ3n) is 5.77. The van der Waals surface area contributed by atoms with E-state index in [0.717, 1.165) is 50.5 Å². The zero-order valence-corrected chi connectivity index (χ0v) is 16.2. The Morgan fingerprint density at radius 2 is 1.54 bits per heavy atom. The summed E-state index contributed by atoms with van der Waals surface area (Å²) in [7, 11) is 0. The second-order valence-corrected chi connectivity index (χ2v) is 7.56. The summed E-state index contributed by atoms with van der Waals surface area (Å²) in [5, 5.41) is 9.30. The van der Waals surface area contributed by atoms with Crippen LogP contribution in [0.4, 0.5) is 11.4 Å². The summed E-state index contributed by atoms with van der Waals surface area (Å²) in [6.07, 6.45) is 2.51. The highest BCUT2D eigenvalue weighted by molar-refractivity contribution is 5.97. The molecule has 0 spiro atoms. The highest BCUT2D eigenvalue weighted by Crippen LogP contribution is 2.22. The molecule has 5 heteroatoms. The van der Waals surface area contributed by atoms with E-state index in [-0.39, 0.29) is 5.78 Å². The van der Waals surface area contributed by atoms with Crippen molar-refractivity contribution in [2.45, 2.75) is 12.8 Å². The van der Waals surface area contributed by atoms with Crippen molar-refractivity contribution in [3.05, 3.63) is 59.7 Å². The van der Waals surface area contributed by atoms with Crippen LogP contribution in [0.25, 0.3) is 0 Å². The van der Waals surface area contributed by atoms with Crippen LogP contribution in [0.2, 0.25) is 0 Å². The van der Waals surface area contributed by atoms with Crippen LogP contribution in [0.1, 0.15) is 28.8 Å². The van der Waals surface area contributed by atoms with E-state index in [2.05, 4.69) is 32.9 Å². The normalized spacial score (nSPS) is 17.5. The molecule has 2 aliphatic rings. The van der Waals surface area contributed by atoms with E-state index in [0.29, 0.717) is 12.1 Å². The molecule has 0 amide bonds. The van der Waals surface area contributed by atoms with Gasteiger partial charge in [-0.1, -0.05) is 12.1 Å². The highest BCUT2D eigenvalue weighted by Gasteiger charge is 2.21. The topological polar surface area (TPSA) is 50.6 Å². The predicted molar refractivity (Wildman–Crippen MR) is 112 cm³/mol. The number of para-hydroxylation sites is 1. The number of ketones is 1. The molecule has 5 nitrogen and oxygen atoms in total. The van der Waals surface area contributed by atoms with Crippen LogP contribution < -0.4 is 9.80 Å². The van der Waals surface area contributed by atoms with E-state index in [4.69, 9.17) is 0 Å². The van der Waals surface area contributed by atoms with Gasteiger partial charge in [0.2, 0.25) is 0 Å². The van der Waals surface area contributed by atoms with E-state index >= 15 is 0 Å². The van der Waals surface area contributed by atoms with Gasteiger partial charge in [0.15, 0.2) is 5.78 Å². The number of piperazine rings is 1. The first-order chi connectivity index (χ1) is 13.7. The lowest BCUT2D eigenvalue weighted by atomic mass is 10.1. The number of anilines is 2. The fraction of sp³-hybridized carbons (Fsp3) is 0.391. The highest BCUT2D eigenvalue weighted by atomic mass is 16.1. The minimum Gasteiger partial charge on any atom is -0.372 e. The molecular formula is C23H26N4O. The number of Topliss-reactive ketones (excluding diaryl/α,β-unsaturated/α-hetero) is 1. The fourth-order valence-electron chi connectivity index (χ4n) is 4.12. The smallest absolute Gasteiger partial charge is 0.176 e. The minimum absolute atomic E-state index is 0.179. The van der Waals surface area contributed by atoms with Gasteiger partial charge >= 0.3 is 0 Å². The number of nitriles is 1. The van der Waals surface area contributed by atoms with Crippen molar-refractivity contribution in [2.75, 3.05) is 55.6 Å². The molecule has 0 bridgehead atoms. The lowest BCUT2D eigenvalue weighted by molar-refractivity contribution is 0.0926. The van der Waals surface area contributed by atoms with Crippen LogP contribution in [0.3, 0.4) is 0 Å². The molecular weight excluding hydrogens is 348 g/mol. The van der Waals surface area contributed by atoms with Crippen LogP contribution in [0.5, 0.6) is 0 Å². The van der Waals surface area contributed by atoms with Crippen LogP contribution in [0.15, 0.2) is 48.5 Å². The number of benzene rings is 2. The maximum absolute atomic E-state index is 12.7. The first-order valence-corrected chi connectivity index (χ1v) is 10.1. The Morgan fingerprint density at radius 3 is 2.21 bits per heavy atom. The molecule has 144 valence electrons. The molecule has 4 rings (SSSR count). The molecule has 2 aromatic rings. The Balaban J connectivity index is 1.32. The average Bonchev–Trinajstić information content (AvgIpc) is 3.29. The van der Waals surface area contributed by atoms with Gasteiger partial charge in [-0.25, -0.2) is 0 Å². The third-order valence-corrected chi connectivity index (χ3v) is 5.77. The van der Waals surface area contributed by atoms with E-state index in [1.165, 1.54) is 18.5 Å². The largest absolute Gasteiger partial charge is 0.372 e. The SMILES string of the molecule is N#Cc1ccccc1N1CCN(CC(=O)c2ccc(N3CCCC3)cc2)CC1. The minimum atomic E-state index is 0.179. The molecule has 2 heterocycles. The molecule has 2 aliphatic heterocycles. The summed E-state index contributed by atoms with van der Waals surface area (Å²) in [5.41, 5.74) is 3.72. The van der Waals surface area contributed by atoms with Crippen LogP contribution in [0, 0.1) is 11.3 Å². The molecule has 0 saturated carbocycles. The van der Waals surface area contributed by atoms with Gasteiger partial charge in [0, 0.05) is 50.5 Å². The monoisotopic (exact) mass is 374 g/mol. The number of hydrogen-bond acceptors (Lipinski definition) is 5. The van der Waals surface area contributed by atoms with Gasteiger partial charge < -0.3 is 9.80 Å². The van der Waals surface area contributed by atoms with Crippen LogP contribution in [-0.2, 0) is 0 Å². The quantitative estimate of drug-likeness (QED) is 0.753. The standard InChI is InChI=1S/C23H26N4O/c24-17-20-5-1-2-6-22(20)27-15-13-25(14-16-27)18-23(28)19-7-9-21(10-8-19)26-11-3-4-12-26/h1-2,5-10H,3-4,11-16,18H2. The van der Waals surface area contributed by atoms with Gasteiger partial charge in [0.25, 0.3) is 0 Å². The predicted octanol–water partition coefficient (Wildman–Crippen LogP) is 3.16. The van der Waals surface area contributed by atoms with Crippen molar-refractivity contribution in [1.82, 2.24) is 4.90 Å². The Hall–Kier alpha value is -2.84. The Bertz CT molecular complexity index is 857. The molecule has 0 aliphatic carbocycles. The molecule has 0 N–H and O–H groups in total. The van der Waals surface area contributed by atoms with Crippen molar-refractivity contribution >= 4 is 17.2 Å². The third kappa shape index (κ3) is 4.02. The molecule has 2 fully saturated rings. The van der Waals surface area contributed by atoms with E-state index in [9.17, 15) is 10.1 Å². The number of rotatable bonds is 5. The molecule has 0 unspecified atom stereocenters. The zero-order chi connectivity index (χ0) is 19.3. The Kier molecular flexibility index (Phi) is 5.59. The molecule has 0 radical (unpaired) electrons. The lowest BCUT2D eigenvalue weighted by Gasteiger charge is -2.36. The van der Waals surface area contributed by atoms with Crippen molar-refractivity contribution in [1.29, 1.82) is 5.26 Å². The summed E-state index contributed by atoms with van der Waals surface area (Å²) >= 11 is 0. The first-order valence-electron chi connectivity index (χ1n) is 10.1. The lowest BCUT2D eigenvalue weighted by Crippen LogP contribution is -2.48. The van der Waals surface area contributed by atoms with Crippen LogP contribution >= 0.6 is 0 Å². The number of nitrogens with zero attached hydrogens (tertiary/aromatic N) is 4. The van der Waals surface area contributed by atoms with Gasteiger partial charge in [-0.15, -0.1) is 0 Å². The average molecular weight is 374 g/mol. The summed E-state index contributed by atoms with van der Waals surface area (Å²) < 4.78 is 0. The zero-order valence-electron chi connectivity index (χ0n) is 16.2. The Morgan fingerprint density at radius 1 is 0.857 bits per heavy atom. The van der Waals surface area contributed by atoms with Gasteiger partial charge in [-0.2, -0.15) is 5.26 Å². The second kappa shape index (κ2) is 8.45. The van der Waals surface area contributed by atoms with Crippen molar-refractivity contribution < 1.29 is 4.79 Å². The summed E-state index contributed by atoms with van der Waals surface area (Å²) in [6.45, 7) is 6.02. The summed E-state index contributed by atoms with van der Waals surface area (Å²) in [6, 6.07) is 18.1. The van der Waals surface area contributed by atoms with Crippen molar-refractivity contribution in [3.8, 4) is 6.07 Å². The van der Waals surface area contributed by atoms with Gasteiger partial charge in [-0.3, -0.25) is 9.69 Å². The van der Waals surface area contributed by atoms with E-state index in [1.807, 2.05) is 36.4 Å². The van der Waals surface area contributed by atoms with Crippen LogP contribution in [-0.4, -0.2) is 56.5 Å². The number of carbonyl (C=O) groups is 1. The maximum Gasteiger partial charge on any atom is 0.176 e. The summed E-state index contributed by atoms with van der Waals surface area (Å²) in [5.74, 6) is 0.179. The fourth-order valence-corrected chi connectivity index (χ4v) is 4.12. The first kappa shape index (κ1) is 18.5.